The van der Waals surface area contributed by atoms with Crippen LogP contribution in [0.5, 0.6) is 0 Å². The Balaban J connectivity index is 2.18. The highest BCUT2D eigenvalue weighted by Crippen LogP contribution is 2.42. The number of rotatable bonds is 11. The molecule has 0 saturated heterocycles. The van der Waals surface area contributed by atoms with Crippen LogP contribution in [0.4, 0.5) is 15.8 Å². The van der Waals surface area contributed by atoms with Gasteiger partial charge in [-0.05, 0) is 56.5 Å². The van der Waals surface area contributed by atoms with Crippen LogP contribution in [0.3, 0.4) is 0 Å². The molecule has 2 rings (SSSR count). The molecule has 4 nitrogen and oxygen atoms in total. The van der Waals surface area contributed by atoms with Crippen LogP contribution in [0.25, 0.3) is 0 Å². The Morgan fingerprint density at radius 3 is 2.47 bits per heavy atom. The molecule has 0 spiro atoms. The molecule has 3 unspecified atom stereocenters. The van der Waals surface area contributed by atoms with E-state index in [0.29, 0.717) is 0 Å². The monoisotopic (exact) mass is 442 g/mol. The largest absolute Gasteiger partial charge is 0.387 e. The van der Waals surface area contributed by atoms with E-state index in [2.05, 4.69) is 66.4 Å². The third-order valence-corrected chi connectivity index (χ3v) is 6.76. The molecule has 0 fully saturated rings. The number of anilines is 2. The molecule has 0 radical (unpaired) electrons. The predicted octanol–water partition coefficient (Wildman–Crippen LogP) is 5.73. The van der Waals surface area contributed by atoms with Crippen molar-refractivity contribution < 1.29 is 4.39 Å². The summed E-state index contributed by atoms with van der Waals surface area (Å²) in [6, 6.07) is 6.12. The maximum Gasteiger partial charge on any atom is 0.135 e. The van der Waals surface area contributed by atoms with Crippen molar-refractivity contribution in [1.29, 1.82) is 0 Å². The van der Waals surface area contributed by atoms with Crippen molar-refractivity contribution in [1.82, 2.24) is 10.6 Å². The van der Waals surface area contributed by atoms with Crippen molar-refractivity contribution in [2.75, 3.05) is 37.5 Å². The molecule has 0 amide bonds. The third-order valence-electron chi connectivity index (χ3n) is 6.76. The first kappa shape index (κ1) is 26.0. The number of allylic oxidation sites excluding steroid dienone is 1. The van der Waals surface area contributed by atoms with Crippen LogP contribution in [-0.2, 0) is 5.67 Å². The Hall–Kier alpha value is -2.27. The van der Waals surface area contributed by atoms with E-state index in [1.807, 2.05) is 46.0 Å². The number of fused-ring (bicyclic) bond motifs is 1. The van der Waals surface area contributed by atoms with Gasteiger partial charge in [-0.15, -0.1) is 0 Å². The van der Waals surface area contributed by atoms with Gasteiger partial charge in [-0.3, -0.25) is 0 Å². The van der Waals surface area contributed by atoms with E-state index in [-0.39, 0.29) is 18.1 Å². The summed E-state index contributed by atoms with van der Waals surface area (Å²) in [5, 5.41) is 6.89. The molecule has 1 aliphatic rings. The number of hydrogen-bond acceptors (Lipinski definition) is 4. The Bertz CT molecular complexity index is 840. The van der Waals surface area contributed by atoms with Crippen LogP contribution >= 0.6 is 0 Å². The number of benzene rings is 1. The Morgan fingerprint density at radius 2 is 1.91 bits per heavy atom. The van der Waals surface area contributed by atoms with E-state index in [4.69, 9.17) is 0 Å². The average molecular weight is 443 g/mol. The lowest BCUT2D eigenvalue weighted by Crippen LogP contribution is -2.45. The molecule has 32 heavy (non-hydrogen) atoms. The molecular formula is C27H43FN4. The predicted molar refractivity (Wildman–Crippen MR) is 138 cm³/mol. The normalized spacial score (nSPS) is 19.4. The fraction of sp³-hybridized carbons (Fsp3) is 0.556. The summed E-state index contributed by atoms with van der Waals surface area (Å²) in [7, 11) is 6.15. The summed E-state index contributed by atoms with van der Waals surface area (Å²) in [6.07, 6.45) is 8.85. The van der Waals surface area contributed by atoms with Crippen LogP contribution in [0, 0.1) is 5.92 Å². The maximum absolute atomic E-state index is 15.3. The minimum atomic E-state index is -1.35. The second-order valence-electron chi connectivity index (χ2n) is 9.41. The molecule has 1 aliphatic heterocycles. The minimum Gasteiger partial charge on any atom is -0.387 e. The number of nitrogens with zero attached hydrogens (tertiary/aromatic N) is 2. The molecule has 1 aromatic rings. The van der Waals surface area contributed by atoms with Gasteiger partial charge in [-0.2, -0.15) is 0 Å². The van der Waals surface area contributed by atoms with Gasteiger partial charge in [0, 0.05) is 20.3 Å². The van der Waals surface area contributed by atoms with Gasteiger partial charge in [0.15, 0.2) is 0 Å². The molecule has 1 aromatic carbocycles. The Kier molecular flexibility index (Phi) is 8.97. The van der Waals surface area contributed by atoms with Crippen LogP contribution in [0.2, 0.25) is 0 Å². The highest BCUT2D eigenvalue weighted by Gasteiger charge is 2.35. The summed E-state index contributed by atoms with van der Waals surface area (Å²) in [5.41, 5.74) is 3.77. The molecule has 178 valence electrons. The lowest BCUT2D eigenvalue weighted by Gasteiger charge is -2.28. The van der Waals surface area contributed by atoms with Crippen molar-refractivity contribution in [3.8, 4) is 0 Å². The summed E-state index contributed by atoms with van der Waals surface area (Å²) in [4.78, 5) is 4.48. The summed E-state index contributed by atoms with van der Waals surface area (Å²) >= 11 is 0. The van der Waals surface area contributed by atoms with Gasteiger partial charge in [0.1, 0.15) is 11.8 Å². The summed E-state index contributed by atoms with van der Waals surface area (Å²) in [6.45, 7) is 14.7. The van der Waals surface area contributed by atoms with Gasteiger partial charge in [0.2, 0.25) is 0 Å². The maximum atomic E-state index is 15.3. The van der Waals surface area contributed by atoms with Crippen molar-refractivity contribution in [2.24, 2.45) is 5.92 Å². The van der Waals surface area contributed by atoms with Crippen LogP contribution < -0.4 is 20.4 Å². The third kappa shape index (κ3) is 5.55. The fourth-order valence-electron chi connectivity index (χ4n) is 4.10. The van der Waals surface area contributed by atoms with Crippen LogP contribution in [0.1, 0.15) is 53.0 Å². The molecule has 0 bridgehead atoms. The summed E-state index contributed by atoms with van der Waals surface area (Å²) < 4.78 is 15.3. The molecule has 0 aliphatic carbocycles. The van der Waals surface area contributed by atoms with E-state index in [1.54, 1.807) is 6.92 Å². The highest BCUT2D eigenvalue weighted by atomic mass is 19.1. The van der Waals surface area contributed by atoms with Crippen molar-refractivity contribution in [3.63, 3.8) is 0 Å². The van der Waals surface area contributed by atoms with Crippen LogP contribution in [-0.4, -0.2) is 39.9 Å². The van der Waals surface area contributed by atoms with Gasteiger partial charge in [-0.25, -0.2) is 4.39 Å². The molecule has 5 heteroatoms. The van der Waals surface area contributed by atoms with E-state index in [1.165, 1.54) is 0 Å². The molecule has 0 aromatic heterocycles. The quantitative estimate of drug-likeness (QED) is 0.338. The zero-order valence-electron chi connectivity index (χ0n) is 21.3. The number of unbranched alkanes of at least 4 members (excludes halogenated alkanes) is 1. The topological polar surface area (TPSA) is 30.5 Å². The van der Waals surface area contributed by atoms with E-state index in [0.717, 1.165) is 47.5 Å². The number of hydrogen-bond donors (Lipinski definition) is 2. The smallest absolute Gasteiger partial charge is 0.135 e. The van der Waals surface area contributed by atoms with Gasteiger partial charge >= 0.3 is 0 Å². The number of alkyl halides is 1. The number of likely N-dealkylation sites (N-methyl/N-ethyl adjacent to an activating group) is 3. The van der Waals surface area contributed by atoms with Crippen LogP contribution in [0.15, 0.2) is 54.3 Å². The average Bonchev–Trinajstić information content (AvgIpc) is 2.98. The molecular weight excluding hydrogens is 399 g/mol. The fourth-order valence-corrected chi connectivity index (χ4v) is 4.10. The second-order valence-corrected chi connectivity index (χ2v) is 9.41. The zero-order chi connectivity index (χ0) is 24.1. The molecule has 0 saturated carbocycles. The van der Waals surface area contributed by atoms with Crippen molar-refractivity contribution in [3.05, 3.63) is 59.8 Å². The molecule has 2 N–H and O–H groups in total. The van der Waals surface area contributed by atoms with Crippen molar-refractivity contribution in [2.45, 2.75) is 65.3 Å². The number of halogens is 1. The van der Waals surface area contributed by atoms with Gasteiger partial charge in [-0.1, -0.05) is 57.6 Å². The first-order valence-electron chi connectivity index (χ1n) is 11.8. The van der Waals surface area contributed by atoms with E-state index < -0.39 is 5.67 Å². The van der Waals surface area contributed by atoms with Gasteiger partial charge < -0.3 is 20.4 Å². The number of nitrogens with one attached hydrogen (secondary N) is 2. The summed E-state index contributed by atoms with van der Waals surface area (Å²) in [5.74, 6) is -0.0837. The van der Waals surface area contributed by atoms with Gasteiger partial charge in [0.05, 0.1) is 24.0 Å². The van der Waals surface area contributed by atoms with E-state index in [9.17, 15) is 0 Å². The zero-order valence-corrected chi connectivity index (χ0v) is 21.3. The SMILES string of the molecule is C=C(C)/C(=C/NCC1N(C)c2ccc(C(C)(F)C(C)C)cc2N1C)C(/C=C\CCC)NC. The second kappa shape index (κ2) is 11.0. The van der Waals surface area contributed by atoms with Crippen molar-refractivity contribution >= 4 is 11.4 Å². The Morgan fingerprint density at radius 1 is 1.25 bits per heavy atom. The standard InChI is InChI=1S/C27H43FN4/c1-10-11-12-13-23(29-7)22(19(2)3)17-30-18-26-31(8)24-15-14-21(16-25(24)32(26)9)27(6,28)20(4)5/h12-17,20,23,26,29-30H,2,10-11,18H2,1,3-9H3/b13-12-,22-17-. The highest BCUT2D eigenvalue weighted by molar-refractivity contribution is 5.78. The first-order valence-corrected chi connectivity index (χ1v) is 11.8. The Labute approximate surface area is 195 Å². The van der Waals surface area contributed by atoms with E-state index >= 15 is 4.39 Å². The molecule has 1 heterocycles. The first-order chi connectivity index (χ1) is 15.1. The minimum absolute atomic E-state index is 0.0837. The molecule has 3 atom stereocenters. The van der Waals surface area contributed by atoms with Gasteiger partial charge in [0.25, 0.3) is 0 Å². The lowest BCUT2D eigenvalue weighted by molar-refractivity contribution is 0.123. The lowest BCUT2D eigenvalue weighted by atomic mass is 9.86.